The van der Waals surface area contributed by atoms with Crippen LogP contribution < -0.4 is 5.32 Å². The van der Waals surface area contributed by atoms with Crippen molar-refractivity contribution in [1.29, 1.82) is 0 Å². The molecule has 1 aliphatic heterocycles. The molecule has 83 heavy (non-hydrogen) atoms. The Balaban J connectivity index is 2.04. The van der Waals surface area contributed by atoms with Crippen molar-refractivity contribution in [2.24, 2.45) is 0 Å². The highest BCUT2D eigenvalue weighted by Crippen LogP contribution is 2.23. The number of rotatable bonds is 64. The van der Waals surface area contributed by atoms with Crippen molar-refractivity contribution in [1.82, 2.24) is 5.32 Å². The standard InChI is InChI=1S/C74H139NO8/c1-3-5-7-9-11-13-15-17-19-21-23-24-25-26-27-28-29-30-31-32-33-34-35-36-37-38-39-40-41-42-43-44-46-48-50-52-54-56-58-60-62-64-70(78)75-67(66-82-74-73(81)72(80)71(79)69(65-76)83-74)68(77)63-61-59-57-55-53-51-49-47-45-22-20-18-16-14-12-10-8-6-4-2/h15,17,21,23,53,55,61,63,67-69,71-74,76-77,79-81H,3-14,16,18-20,22,24-52,54,56-60,62,64-66H2,1-2H3,(H,75,78)/b17-15-,23-21-,55-53+,63-61+. The average Bonchev–Trinajstić information content (AvgIpc) is 3.61. The lowest BCUT2D eigenvalue weighted by Crippen LogP contribution is -2.60. The molecule has 7 atom stereocenters. The topological polar surface area (TPSA) is 149 Å². The molecule has 7 unspecified atom stereocenters. The van der Waals surface area contributed by atoms with Crippen molar-refractivity contribution in [3.8, 4) is 0 Å². The van der Waals surface area contributed by atoms with Crippen molar-refractivity contribution < 1.29 is 39.8 Å². The molecule has 1 heterocycles. The Morgan fingerprint density at radius 1 is 0.410 bits per heavy atom. The summed E-state index contributed by atoms with van der Waals surface area (Å²) < 4.78 is 11.3. The molecule has 9 nitrogen and oxygen atoms in total. The third-order valence-corrected chi connectivity index (χ3v) is 17.4. The Bertz CT molecular complexity index is 1450. The molecule has 9 heteroatoms. The molecule has 0 aliphatic carbocycles. The van der Waals surface area contributed by atoms with Crippen molar-refractivity contribution in [3.05, 3.63) is 48.6 Å². The molecule has 0 aromatic rings. The van der Waals surface area contributed by atoms with Gasteiger partial charge in [0.25, 0.3) is 0 Å². The Morgan fingerprint density at radius 3 is 1.08 bits per heavy atom. The molecule has 0 radical (unpaired) electrons. The predicted octanol–water partition coefficient (Wildman–Crippen LogP) is 20.0. The molecule has 6 N–H and O–H groups in total. The Labute approximate surface area is 514 Å². The minimum atomic E-state index is -1.57. The van der Waals surface area contributed by atoms with Crippen LogP contribution in [-0.2, 0) is 14.3 Å². The second-order valence-electron chi connectivity index (χ2n) is 25.4. The van der Waals surface area contributed by atoms with Gasteiger partial charge >= 0.3 is 0 Å². The fourth-order valence-electron chi connectivity index (χ4n) is 11.7. The van der Waals surface area contributed by atoms with Gasteiger partial charge in [-0.25, -0.2) is 0 Å². The van der Waals surface area contributed by atoms with Gasteiger partial charge in [0.2, 0.25) is 5.91 Å². The number of nitrogens with one attached hydrogen (secondary N) is 1. The molecule has 0 spiro atoms. The van der Waals surface area contributed by atoms with Gasteiger partial charge in [-0.1, -0.05) is 339 Å². The zero-order chi connectivity index (χ0) is 60.0. The van der Waals surface area contributed by atoms with E-state index in [0.717, 1.165) is 44.9 Å². The number of aliphatic hydroxyl groups excluding tert-OH is 5. The van der Waals surface area contributed by atoms with Crippen molar-refractivity contribution >= 4 is 5.91 Å². The van der Waals surface area contributed by atoms with E-state index in [-0.39, 0.29) is 12.5 Å². The lowest BCUT2D eigenvalue weighted by Gasteiger charge is -2.40. The smallest absolute Gasteiger partial charge is 0.220 e. The van der Waals surface area contributed by atoms with E-state index in [1.165, 1.54) is 295 Å². The van der Waals surface area contributed by atoms with E-state index in [1.54, 1.807) is 6.08 Å². The fourth-order valence-corrected chi connectivity index (χ4v) is 11.7. The molecule has 0 saturated carbocycles. The quantitative estimate of drug-likeness (QED) is 0.0261. The lowest BCUT2D eigenvalue weighted by atomic mass is 9.99. The van der Waals surface area contributed by atoms with Crippen LogP contribution in [-0.4, -0.2) is 87.5 Å². The molecule has 488 valence electrons. The van der Waals surface area contributed by atoms with Gasteiger partial charge in [0.1, 0.15) is 24.4 Å². The van der Waals surface area contributed by atoms with Crippen LogP contribution in [0.3, 0.4) is 0 Å². The van der Waals surface area contributed by atoms with Crippen LogP contribution in [0.4, 0.5) is 0 Å². The second kappa shape index (κ2) is 63.2. The molecule has 1 rings (SSSR count). The first kappa shape index (κ1) is 79.2. The summed E-state index contributed by atoms with van der Waals surface area (Å²) >= 11 is 0. The molecule has 1 saturated heterocycles. The minimum absolute atomic E-state index is 0.180. The molecule has 1 amide bonds. The highest BCUT2D eigenvalue weighted by Gasteiger charge is 2.44. The molecule has 0 aromatic heterocycles. The highest BCUT2D eigenvalue weighted by atomic mass is 16.7. The summed E-state index contributed by atoms with van der Waals surface area (Å²) in [5, 5.41) is 54.7. The second-order valence-corrected chi connectivity index (χ2v) is 25.4. The first-order valence-corrected chi connectivity index (χ1v) is 36.4. The van der Waals surface area contributed by atoms with Crippen LogP contribution in [0.5, 0.6) is 0 Å². The van der Waals surface area contributed by atoms with E-state index in [1.807, 2.05) is 6.08 Å². The van der Waals surface area contributed by atoms with Gasteiger partial charge in [-0.3, -0.25) is 4.79 Å². The number of ether oxygens (including phenoxy) is 2. The molecule has 0 bridgehead atoms. The summed E-state index contributed by atoms with van der Waals surface area (Å²) in [6, 6.07) is -0.821. The average molecular weight is 1170 g/mol. The van der Waals surface area contributed by atoms with Crippen molar-refractivity contribution in [2.45, 2.75) is 403 Å². The van der Waals surface area contributed by atoms with Crippen LogP contribution in [0.25, 0.3) is 0 Å². The number of hydrogen-bond donors (Lipinski definition) is 6. The van der Waals surface area contributed by atoms with Gasteiger partial charge in [0, 0.05) is 6.42 Å². The fraction of sp³-hybridized carbons (Fsp3) is 0.878. The molecular weight excluding hydrogens is 1030 g/mol. The zero-order valence-corrected chi connectivity index (χ0v) is 54.7. The number of carbonyl (C=O) groups excluding carboxylic acids is 1. The number of unbranched alkanes of at least 4 members (excludes halogenated alkanes) is 48. The van der Waals surface area contributed by atoms with Crippen LogP contribution >= 0.6 is 0 Å². The van der Waals surface area contributed by atoms with Gasteiger partial charge < -0.3 is 40.3 Å². The highest BCUT2D eigenvalue weighted by molar-refractivity contribution is 5.76. The summed E-state index contributed by atoms with van der Waals surface area (Å²) in [5.41, 5.74) is 0. The largest absolute Gasteiger partial charge is 0.394 e. The third kappa shape index (κ3) is 51.9. The maximum absolute atomic E-state index is 13.1. The number of amides is 1. The van der Waals surface area contributed by atoms with Gasteiger partial charge in [-0.15, -0.1) is 0 Å². The summed E-state index contributed by atoms with van der Waals surface area (Å²) in [5.74, 6) is -0.180. The van der Waals surface area contributed by atoms with Crippen LogP contribution in [0, 0.1) is 0 Å². The molecular formula is C74H139NO8. The van der Waals surface area contributed by atoms with Crippen molar-refractivity contribution in [2.75, 3.05) is 13.2 Å². The maximum atomic E-state index is 13.1. The first-order chi connectivity index (χ1) is 40.8. The SMILES string of the molecule is CCCCCCC/C=C\C/C=C\CCCCCCCCCCCCCCCCCCCCCCCCCCCCCCCC(=O)NC(COC1OC(CO)C(O)C(O)C1O)C(O)/C=C/CC/C=C/CCCCCCCCCCCCCCC. The Morgan fingerprint density at radius 2 is 0.723 bits per heavy atom. The molecule has 0 aromatic carbocycles. The zero-order valence-electron chi connectivity index (χ0n) is 54.7. The summed E-state index contributed by atoms with van der Waals surface area (Å²) in [4.78, 5) is 13.1. The van der Waals surface area contributed by atoms with Gasteiger partial charge in [-0.05, 0) is 64.2 Å². The van der Waals surface area contributed by atoms with E-state index < -0.39 is 49.5 Å². The molecule has 1 fully saturated rings. The van der Waals surface area contributed by atoms with Crippen LogP contribution in [0.15, 0.2) is 48.6 Å². The predicted molar refractivity (Wildman–Crippen MR) is 355 cm³/mol. The summed E-state index contributed by atoms with van der Waals surface area (Å²) in [7, 11) is 0. The van der Waals surface area contributed by atoms with E-state index in [2.05, 4.69) is 55.6 Å². The van der Waals surface area contributed by atoms with E-state index in [4.69, 9.17) is 9.47 Å². The minimum Gasteiger partial charge on any atom is -0.394 e. The number of hydrogen-bond acceptors (Lipinski definition) is 8. The monoisotopic (exact) mass is 1170 g/mol. The van der Waals surface area contributed by atoms with Gasteiger partial charge in [-0.2, -0.15) is 0 Å². The van der Waals surface area contributed by atoms with Crippen LogP contribution in [0.2, 0.25) is 0 Å². The van der Waals surface area contributed by atoms with E-state index in [9.17, 15) is 30.3 Å². The maximum Gasteiger partial charge on any atom is 0.220 e. The van der Waals surface area contributed by atoms with E-state index in [0.29, 0.717) is 6.42 Å². The van der Waals surface area contributed by atoms with Gasteiger partial charge in [0.15, 0.2) is 6.29 Å². The normalized spacial score (nSPS) is 18.5. The Hall–Kier alpha value is -1.85. The van der Waals surface area contributed by atoms with E-state index >= 15 is 0 Å². The Kier molecular flexibility index (Phi) is 60.3. The summed E-state index contributed by atoms with van der Waals surface area (Å²) in [6.45, 7) is 3.79. The van der Waals surface area contributed by atoms with Gasteiger partial charge in [0.05, 0.1) is 25.4 Å². The van der Waals surface area contributed by atoms with Crippen LogP contribution in [0.1, 0.15) is 361 Å². The summed E-state index contributed by atoms with van der Waals surface area (Å²) in [6.07, 6.45) is 79.6. The third-order valence-electron chi connectivity index (χ3n) is 17.4. The number of allylic oxidation sites excluding steroid dienone is 7. The lowest BCUT2D eigenvalue weighted by molar-refractivity contribution is -0.302. The first-order valence-electron chi connectivity index (χ1n) is 36.4. The number of carbonyl (C=O) groups is 1. The molecule has 1 aliphatic rings. The number of aliphatic hydroxyl groups is 5. The van der Waals surface area contributed by atoms with Crippen molar-refractivity contribution in [3.63, 3.8) is 0 Å².